The number of ether oxygens (including phenoxy) is 2. The van der Waals surface area contributed by atoms with Gasteiger partial charge in [-0.3, -0.25) is 24.5 Å². The van der Waals surface area contributed by atoms with Gasteiger partial charge < -0.3 is 40.9 Å². The van der Waals surface area contributed by atoms with Crippen LogP contribution in [0.3, 0.4) is 0 Å². The molecule has 1 saturated heterocycles. The van der Waals surface area contributed by atoms with Crippen LogP contribution in [0.1, 0.15) is 72.6 Å². The summed E-state index contributed by atoms with van der Waals surface area (Å²) >= 11 is 0. The largest absolute Gasteiger partial charge is 0.471 e. The molecule has 1 fully saturated rings. The molecule has 2 rings (SSSR count). The number of aldehydes is 1. The highest BCUT2D eigenvalue weighted by Crippen LogP contribution is 2.27. The number of alkyl carbamates (subject to hydrolysis) is 1. The number of hydrogen-bond acceptors (Lipinski definition) is 10. The number of likely N-dealkylation sites (N-methyl/N-ethyl adjacent to an activating group) is 2. The second-order valence-corrected chi connectivity index (χ2v) is 14.5. The zero-order chi connectivity index (χ0) is 44.2. The minimum atomic E-state index is -0.573. The summed E-state index contributed by atoms with van der Waals surface area (Å²) in [6.45, 7) is 26.8. The number of carbonyl (C=O) groups is 4. The van der Waals surface area contributed by atoms with E-state index >= 15 is 0 Å². The average molecular weight is 809 g/mol. The maximum absolute atomic E-state index is 12.3. The molecule has 1 heterocycles. The number of nitrogens with one attached hydrogen (secondary N) is 5. The summed E-state index contributed by atoms with van der Waals surface area (Å²) in [6, 6.07) is -0.321. The number of nitrogens with zero attached hydrogens (tertiary/aromatic N) is 3. The fourth-order valence-electron chi connectivity index (χ4n) is 5.89. The standard InChI is InChI=1S/C35H55N7O.C7H13NO3.C2H4O2/c1-24(2)33(37-8)35(43)39-22-12-11-15-32(36-7)40-28(6)30-20-18-29(19-21-30)26(4)17-16-25(3)27(5)41-34(38-9)31-14-13-23-42(31)10;1-5(2)6(4-9)8-7(10)11-3;1-4-2-3/h16-18,20,24,31,33,37H,3-6,11-15,19,21-23H2,1-2,7-10H3,(H,36,40)(H,38,41)(H,39,43);4-6H,1-3H3,(H,8,10);2H,1H3/b17-16-;;/t31?,33-;;/m0../s1. The van der Waals surface area contributed by atoms with Gasteiger partial charge in [-0.05, 0) is 93.3 Å². The Labute approximate surface area is 348 Å². The predicted molar refractivity (Wildman–Crippen MR) is 238 cm³/mol. The van der Waals surface area contributed by atoms with E-state index in [0.29, 0.717) is 25.3 Å². The number of amides is 2. The van der Waals surface area contributed by atoms with E-state index in [9.17, 15) is 14.4 Å². The second kappa shape index (κ2) is 30.1. The normalized spacial score (nSPS) is 16.6. The van der Waals surface area contributed by atoms with Crippen LogP contribution < -0.4 is 26.6 Å². The van der Waals surface area contributed by atoms with Crippen molar-refractivity contribution in [3.05, 3.63) is 84.3 Å². The lowest BCUT2D eigenvalue weighted by Gasteiger charge is -2.23. The molecule has 5 N–H and O–H groups in total. The van der Waals surface area contributed by atoms with Gasteiger partial charge in [0.1, 0.15) is 18.0 Å². The van der Waals surface area contributed by atoms with Gasteiger partial charge in [0.25, 0.3) is 6.47 Å². The van der Waals surface area contributed by atoms with Gasteiger partial charge in [0.15, 0.2) is 0 Å². The molecule has 58 heavy (non-hydrogen) atoms. The Morgan fingerprint density at radius 3 is 2.05 bits per heavy atom. The van der Waals surface area contributed by atoms with Gasteiger partial charge in [0.2, 0.25) is 5.91 Å². The summed E-state index contributed by atoms with van der Waals surface area (Å²) < 4.78 is 8.18. The van der Waals surface area contributed by atoms with Gasteiger partial charge in [-0.1, -0.05) is 78.3 Å². The highest BCUT2D eigenvalue weighted by molar-refractivity contribution is 5.89. The van der Waals surface area contributed by atoms with Crippen molar-refractivity contribution in [2.75, 3.05) is 55.5 Å². The topological polar surface area (TPSA) is 175 Å². The van der Waals surface area contributed by atoms with E-state index < -0.39 is 12.1 Å². The van der Waals surface area contributed by atoms with Crippen LogP contribution in [-0.2, 0) is 23.9 Å². The molecule has 0 bridgehead atoms. The van der Waals surface area contributed by atoms with Crippen molar-refractivity contribution in [1.82, 2.24) is 31.5 Å². The summed E-state index contributed by atoms with van der Waals surface area (Å²) in [5.74, 6) is 2.23. The minimum absolute atomic E-state index is 0.0545. The summed E-state index contributed by atoms with van der Waals surface area (Å²) in [5.41, 5.74) is 5.73. The molecular formula is C44H72N8O6. The molecule has 3 atom stereocenters. The second-order valence-electron chi connectivity index (χ2n) is 14.5. The Balaban J connectivity index is 0.00000182. The molecule has 2 amide bonds. The van der Waals surface area contributed by atoms with Crippen molar-refractivity contribution >= 4 is 36.4 Å². The maximum atomic E-state index is 12.3. The molecule has 1 aliphatic carbocycles. The third-order valence-corrected chi connectivity index (χ3v) is 9.57. The van der Waals surface area contributed by atoms with Crippen molar-refractivity contribution < 1.29 is 28.7 Å². The molecule has 324 valence electrons. The molecule has 0 saturated carbocycles. The van der Waals surface area contributed by atoms with Crippen LogP contribution in [-0.4, -0.2) is 115 Å². The first-order chi connectivity index (χ1) is 27.5. The van der Waals surface area contributed by atoms with E-state index in [-0.39, 0.29) is 23.8 Å². The van der Waals surface area contributed by atoms with Gasteiger partial charge in [-0.25, -0.2) is 4.79 Å². The highest BCUT2D eigenvalue weighted by Gasteiger charge is 2.26. The Morgan fingerprint density at radius 2 is 1.59 bits per heavy atom. The van der Waals surface area contributed by atoms with Crippen molar-refractivity contribution in [3.63, 3.8) is 0 Å². The average Bonchev–Trinajstić information content (AvgIpc) is 3.65. The number of aliphatic imine (C=N–C) groups is 2. The van der Waals surface area contributed by atoms with Crippen LogP contribution in [0.5, 0.6) is 0 Å². The van der Waals surface area contributed by atoms with Crippen LogP contribution >= 0.6 is 0 Å². The fraction of sp³-hybridized carbons (Fsp3) is 0.545. The van der Waals surface area contributed by atoms with Crippen LogP contribution in [0, 0.1) is 11.8 Å². The van der Waals surface area contributed by atoms with Crippen LogP contribution in [0.25, 0.3) is 0 Å². The van der Waals surface area contributed by atoms with Crippen molar-refractivity contribution in [2.24, 2.45) is 21.8 Å². The van der Waals surface area contributed by atoms with Crippen LogP contribution in [0.15, 0.2) is 94.3 Å². The van der Waals surface area contributed by atoms with Crippen LogP contribution in [0.2, 0.25) is 0 Å². The molecule has 1 aliphatic heterocycles. The molecule has 14 heteroatoms. The van der Waals surface area contributed by atoms with Gasteiger partial charge in [0, 0.05) is 38.5 Å². The molecule has 0 radical (unpaired) electrons. The molecule has 2 aliphatic rings. The summed E-state index contributed by atoms with van der Waals surface area (Å²) in [4.78, 5) is 53.4. The number of unbranched alkanes of at least 4 members (excludes halogenated alkanes) is 1. The number of carbonyl (C=O) groups excluding carboxylic acids is 4. The SMILES string of the molecule is C=C(/C=C\C(=C)C1=CC=C(C(=C)NC(CCCCNC(=O)[C@@H](NC)C(C)C)=NC)CC1)C(=C)NC(=NC)C1CCCN1C.COC(=O)NC(C=O)C(C)C.COC=O. The number of amidine groups is 2. The minimum Gasteiger partial charge on any atom is -0.471 e. The number of likely N-dealkylation sites (tertiary alicyclic amines) is 1. The van der Waals surface area contributed by atoms with Crippen molar-refractivity contribution in [3.8, 4) is 0 Å². The number of rotatable bonds is 20. The lowest BCUT2D eigenvalue weighted by molar-refractivity contribution is -0.126. The van der Waals surface area contributed by atoms with Crippen LogP contribution in [0.4, 0.5) is 4.79 Å². The lowest BCUT2D eigenvalue weighted by Crippen LogP contribution is -2.46. The Hall–Kier alpha value is -5.08. The molecule has 0 spiro atoms. The van der Waals surface area contributed by atoms with Gasteiger partial charge in [-0.15, -0.1) is 0 Å². The predicted octanol–water partition coefficient (Wildman–Crippen LogP) is 5.54. The van der Waals surface area contributed by atoms with E-state index in [2.05, 4.69) is 96.5 Å². The molecule has 2 unspecified atom stereocenters. The molecule has 14 nitrogen and oxygen atoms in total. The van der Waals surface area contributed by atoms with E-state index in [1.54, 1.807) is 7.05 Å². The van der Waals surface area contributed by atoms with Gasteiger partial charge in [-0.2, -0.15) is 0 Å². The Bertz CT molecular complexity index is 1540. The first-order valence-corrected chi connectivity index (χ1v) is 19.8. The molecule has 0 aromatic heterocycles. The maximum Gasteiger partial charge on any atom is 0.407 e. The molecule has 0 aromatic carbocycles. The summed E-state index contributed by atoms with van der Waals surface area (Å²) in [5, 5.41) is 15.3. The third-order valence-electron chi connectivity index (χ3n) is 9.57. The van der Waals surface area contributed by atoms with E-state index in [1.807, 2.05) is 53.9 Å². The first-order valence-electron chi connectivity index (χ1n) is 19.8. The van der Waals surface area contributed by atoms with E-state index in [1.165, 1.54) is 26.2 Å². The Morgan fingerprint density at radius 1 is 0.948 bits per heavy atom. The van der Waals surface area contributed by atoms with Crippen molar-refractivity contribution in [1.29, 1.82) is 0 Å². The highest BCUT2D eigenvalue weighted by atomic mass is 16.5. The van der Waals surface area contributed by atoms with Crippen molar-refractivity contribution in [2.45, 2.75) is 90.8 Å². The summed E-state index contributed by atoms with van der Waals surface area (Å²) in [6.07, 6.45) is 14.9. The summed E-state index contributed by atoms with van der Waals surface area (Å²) in [7, 11) is 10.1. The number of allylic oxidation sites excluding steroid dienone is 7. The zero-order valence-electron chi connectivity index (χ0n) is 36.8. The lowest BCUT2D eigenvalue weighted by atomic mass is 9.92. The zero-order valence-corrected chi connectivity index (χ0v) is 36.8. The Kier molecular flexibility index (Phi) is 27.4. The van der Waals surface area contributed by atoms with Gasteiger partial charge >= 0.3 is 6.09 Å². The van der Waals surface area contributed by atoms with E-state index in [4.69, 9.17) is 4.79 Å². The van der Waals surface area contributed by atoms with E-state index in [0.717, 1.165) is 84.9 Å². The number of hydrogen-bond donors (Lipinski definition) is 5. The monoisotopic (exact) mass is 809 g/mol. The molecule has 0 aromatic rings. The third kappa shape index (κ3) is 20.4. The molecular weight excluding hydrogens is 737 g/mol. The number of methoxy groups -OCH3 is 2. The van der Waals surface area contributed by atoms with Gasteiger partial charge in [0.05, 0.1) is 32.3 Å². The smallest absolute Gasteiger partial charge is 0.407 e. The quantitative estimate of drug-likeness (QED) is 0.0345. The first kappa shape index (κ1) is 52.9. The fourth-order valence-corrected chi connectivity index (χ4v) is 5.89.